The Morgan fingerprint density at radius 2 is 2.07 bits per heavy atom. The summed E-state index contributed by atoms with van der Waals surface area (Å²) in [5, 5.41) is 8.36. The highest BCUT2D eigenvalue weighted by molar-refractivity contribution is 5.76. The molecule has 1 aliphatic heterocycles. The molecule has 0 spiro atoms. The summed E-state index contributed by atoms with van der Waals surface area (Å²) in [5.41, 5.74) is 0. The predicted octanol–water partition coefficient (Wildman–Crippen LogP) is 0.965. The van der Waals surface area contributed by atoms with Crippen molar-refractivity contribution in [3.05, 3.63) is 0 Å². The van der Waals surface area contributed by atoms with Gasteiger partial charge in [0.15, 0.2) is 0 Å². The summed E-state index contributed by atoms with van der Waals surface area (Å²) in [5.74, 6) is -7.42. The highest BCUT2D eigenvalue weighted by Crippen LogP contribution is 2.32. The highest BCUT2D eigenvalue weighted by Gasteiger charge is 2.48. The second kappa shape index (κ2) is 4.12. The maximum atomic E-state index is 13.1. The lowest BCUT2D eigenvalue weighted by Crippen LogP contribution is -2.48. The maximum absolute atomic E-state index is 13.1. The Morgan fingerprint density at radius 3 is 2.53 bits per heavy atom. The van der Waals surface area contributed by atoms with Gasteiger partial charge in [0.2, 0.25) is 5.91 Å². The Balaban J connectivity index is 2.71. The largest absolute Gasteiger partial charge is 0.477 e. The van der Waals surface area contributed by atoms with Crippen molar-refractivity contribution in [1.29, 1.82) is 0 Å². The van der Waals surface area contributed by atoms with Gasteiger partial charge in [-0.1, -0.05) is 0 Å². The van der Waals surface area contributed by atoms with Crippen LogP contribution in [0.5, 0.6) is 0 Å². The monoisotopic (exact) mass is 221 g/mol. The number of carbonyl (C=O) groups excluding carboxylic acids is 1. The number of carboxylic acids is 1. The molecule has 0 radical (unpaired) electrons. The molecule has 1 rings (SSSR count). The fraction of sp³-hybridized carbons (Fsp3) is 0.778. The molecule has 0 aromatic carbocycles. The number of hydrogen-bond acceptors (Lipinski definition) is 2. The summed E-state index contributed by atoms with van der Waals surface area (Å²) in [6.45, 7) is 1.55. The zero-order valence-corrected chi connectivity index (χ0v) is 8.37. The summed E-state index contributed by atoms with van der Waals surface area (Å²) in [6, 6.07) is 0. The van der Waals surface area contributed by atoms with Crippen LogP contribution in [-0.4, -0.2) is 40.9 Å². The predicted molar refractivity (Wildman–Crippen MR) is 47.6 cm³/mol. The maximum Gasteiger partial charge on any atom is 0.374 e. The molecular formula is C9H13F2NO3. The van der Waals surface area contributed by atoms with Crippen molar-refractivity contribution in [2.24, 2.45) is 5.92 Å². The van der Waals surface area contributed by atoms with E-state index in [0.717, 1.165) is 0 Å². The number of halogens is 2. The van der Waals surface area contributed by atoms with Gasteiger partial charge in [0.25, 0.3) is 0 Å². The van der Waals surface area contributed by atoms with Crippen LogP contribution in [0.3, 0.4) is 0 Å². The Morgan fingerprint density at radius 1 is 1.47 bits per heavy atom. The summed E-state index contributed by atoms with van der Waals surface area (Å²) in [7, 11) is 0. The van der Waals surface area contributed by atoms with Gasteiger partial charge in [-0.2, -0.15) is 8.78 Å². The highest BCUT2D eigenvalue weighted by atomic mass is 19.3. The van der Waals surface area contributed by atoms with Gasteiger partial charge in [-0.25, -0.2) is 4.79 Å². The van der Waals surface area contributed by atoms with Crippen molar-refractivity contribution >= 4 is 11.9 Å². The van der Waals surface area contributed by atoms with Crippen LogP contribution in [-0.2, 0) is 9.59 Å². The van der Waals surface area contributed by atoms with E-state index in [1.165, 1.54) is 11.8 Å². The lowest BCUT2D eigenvalue weighted by Gasteiger charge is -2.34. The van der Waals surface area contributed by atoms with Gasteiger partial charge < -0.3 is 10.0 Å². The number of nitrogens with zero attached hydrogens (tertiary/aromatic N) is 1. The standard InChI is InChI=1S/C9H13F2NO3/c1-6(13)12-4-2-3-7(5-12)9(10,11)8(14)15/h7H,2-5H2,1H3,(H,14,15). The Bertz CT molecular complexity index is 281. The van der Waals surface area contributed by atoms with Gasteiger partial charge in [-0.15, -0.1) is 0 Å². The molecule has 1 unspecified atom stereocenters. The first-order valence-electron chi connectivity index (χ1n) is 4.72. The first-order valence-corrected chi connectivity index (χ1v) is 4.72. The van der Waals surface area contributed by atoms with E-state index < -0.39 is 17.8 Å². The molecule has 1 aliphatic rings. The van der Waals surface area contributed by atoms with Gasteiger partial charge >= 0.3 is 11.9 Å². The average Bonchev–Trinajstić information content (AvgIpc) is 2.17. The molecule has 1 fully saturated rings. The zero-order valence-electron chi connectivity index (χ0n) is 8.37. The van der Waals surface area contributed by atoms with Crippen LogP contribution in [0.25, 0.3) is 0 Å². The Kier molecular flexibility index (Phi) is 3.26. The van der Waals surface area contributed by atoms with Crippen LogP contribution in [0.2, 0.25) is 0 Å². The molecule has 0 aliphatic carbocycles. The van der Waals surface area contributed by atoms with Gasteiger partial charge in [-0.05, 0) is 12.8 Å². The summed E-state index contributed by atoms with van der Waals surface area (Å²) >= 11 is 0. The first-order chi connectivity index (χ1) is 6.85. The molecule has 1 saturated heterocycles. The number of piperidine rings is 1. The molecule has 1 amide bonds. The second-order valence-electron chi connectivity index (χ2n) is 3.73. The molecule has 86 valence electrons. The summed E-state index contributed by atoms with van der Waals surface area (Å²) in [4.78, 5) is 22.6. The van der Waals surface area contributed by atoms with Gasteiger partial charge in [0.05, 0.1) is 5.92 Å². The second-order valence-corrected chi connectivity index (χ2v) is 3.73. The minimum Gasteiger partial charge on any atom is -0.477 e. The number of aliphatic carboxylic acids is 1. The molecule has 0 bridgehead atoms. The molecular weight excluding hydrogens is 208 g/mol. The third-order valence-electron chi connectivity index (χ3n) is 2.66. The molecule has 4 nitrogen and oxygen atoms in total. The fourth-order valence-electron chi connectivity index (χ4n) is 1.73. The SMILES string of the molecule is CC(=O)N1CCCC(C(F)(F)C(=O)O)C1. The van der Waals surface area contributed by atoms with E-state index in [-0.39, 0.29) is 18.9 Å². The van der Waals surface area contributed by atoms with E-state index in [1.807, 2.05) is 0 Å². The zero-order chi connectivity index (χ0) is 11.6. The van der Waals surface area contributed by atoms with Crippen molar-refractivity contribution in [2.75, 3.05) is 13.1 Å². The molecule has 0 aromatic rings. The minimum atomic E-state index is -3.74. The van der Waals surface area contributed by atoms with Crippen LogP contribution in [0, 0.1) is 5.92 Å². The van der Waals surface area contributed by atoms with E-state index in [1.54, 1.807) is 0 Å². The third kappa shape index (κ3) is 2.43. The number of carboxylic acid groups (broad SMARTS) is 1. The first kappa shape index (κ1) is 11.9. The molecule has 0 aromatic heterocycles. The van der Waals surface area contributed by atoms with Crippen molar-refractivity contribution in [3.8, 4) is 0 Å². The quantitative estimate of drug-likeness (QED) is 0.755. The molecule has 6 heteroatoms. The van der Waals surface area contributed by atoms with E-state index in [2.05, 4.69) is 0 Å². The Labute approximate surface area is 85.9 Å². The molecule has 1 atom stereocenters. The lowest BCUT2D eigenvalue weighted by atomic mass is 9.91. The van der Waals surface area contributed by atoms with Gasteiger partial charge in [0, 0.05) is 20.0 Å². The van der Waals surface area contributed by atoms with Crippen LogP contribution in [0.4, 0.5) is 8.78 Å². The van der Waals surface area contributed by atoms with Crippen LogP contribution in [0.1, 0.15) is 19.8 Å². The average molecular weight is 221 g/mol. The fourth-order valence-corrected chi connectivity index (χ4v) is 1.73. The van der Waals surface area contributed by atoms with E-state index in [0.29, 0.717) is 13.0 Å². The number of likely N-dealkylation sites (tertiary alicyclic amines) is 1. The van der Waals surface area contributed by atoms with Gasteiger partial charge in [-0.3, -0.25) is 4.79 Å². The van der Waals surface area contributed by atoms with E-state index in [4.69, 9.17) is 5.11 Å². The van der Waals surface area contributed by atoms with Crippen molar-refractivity contribution in [3.63, 3.8) is 0 Å². The minimum absolute atomic E-state index is 0.142. The van der Waals surface area contributed by atoms with Crippen LogP contribution in [0.15, 0.2) is 0 Å². The van der Waals surface area contributed by atoms with Crippen molar-refractivity contribution in [1.82, 2.24) is 4.90 Å². The number of hydrogen-bond donors (Lipinski definition) is 1. The van der Waals surface area contributed by atoms with Crippen molar-refractivity contribution in [2.45, 2.75) is 25.7 Å². The number of carbonyl (C=O) groups is 2. The van der Waals surface area contributed by atoms with E-state index in [9.17, 15) is 18.4 Å². The Hall–Kier alpha value is -1.20. The number of alkyl halides is 2. The lowest BCUT2D eigenvalue weighted by molar-refractivity contribution is -0.177. The normalized spacial score (nSPS) is 22.6. The molecule has 1 heterocycles. The summed E-state index contributed by atoms with van der Waals surface area (Å²) < 4.78 is 26.3. The molecule has 0 saturated carbocycles. The smallest absolute Gasteiger partial charge is 0.374 e. The summed E-state index contributed by atoms with van der Waals surface area (Å²) in [6.07, 6.45) is 0.566. The number of amides is 1. The van der Waals surface area contributed by atoms with Crippen molar-refractivity contribution < 1.29 is 23.5 Å². The van der Waals surface area contributed by atoms with Crippen LogP contribution < -0.4 is 0 Å². The topological polar surface area (TPSA) is 57.6 Å². The molecule has 1 N–H and O–H groups in total. The number of rotatable bonds is 2. The van der Waals surface area contributed by atoms with Crippen LogP contribution >= 0.6 is 0 Å². The van der Waals surface area contributed by atoms with Gasteiger partial charge in [0.1, 0.15) is 0 Å². The third-order valence-corrected chi connectivity index (χ3v) is 2.66. The van der Waals surface area contributed by atoms with E-state index >= 15 is 0 Å². The molecule has 15 heavy (non-hydrogen) atoms.